The molecule has 4 aromatic rings. The molecule has 2 aromatic heterocycles. The molecule has 0 aliphatic carbocycles. The average Bonchev–Trinajstić information content (AvgIpc) is 3.57. The first kappa shape index (κ1) is 42.1. The van der Waals surface area contributed by atoms with E-state index < -0.39 is 76.5 Å². The van der Waals surface area contributed by atoms with Crippen molar-refractivity contribution in [1.29, 1.82) is 0 Å². The van der Waals surface area contributed by atoms with Crippen LogP contribution in [0, 0.1) is 20.2 Å². The minimum Gasteiger partial charge on any atom is -0.384 e. The first-order valence-corrected chi connectivity index (χ1v) is 17.6. The maximum absolute atomic E-state index is 13.0. The van der Waals surface area contributed by atoms with E-state index in [1.165, 1.54) is 32.2 Å². The van der Waals surface area contributed by atoms with E-state index in [1.807, 2.05) is 0 Å². The highest BCUT2D eigenvalue weighted by Gasteiger charge is 2.40. The highest BCUT2D eigenvalue weighted by molar-refractivity contribution is 7.90. The van der Waals surface area contributed by atoms with Crippen LogP contribution in [-0.2, 0) is 44.2 Å². The number of benzene rings is 2. The third-order valence-electron chi connectivity index (χ3n) is 7.47. The van der Waals surface area contributed by atoms with Crippen molar-refractivity contribution in [3.8, 4) is 0 Å². The van der Waals surface area contributed by atoms with Gasteiger partial charge in [0.2, 0.25) is 0 Å². The molecular formula is C29H34F6N4O9S2. The minimum atomic E-state index is -4.92. The molecule has 0 fully saturated rings. The van der Waals surface area contributed by atoms with Crippen LogP contribution in [0.4, 0.5) is 37.7 Å². The van der Waals surface area contributed by atoms with Crippen LogP contribution in [0.3, 0.4) is 0 Å². The molecule has 0 saturated heterocycles. The smallest absolute Gasteiger partial charge is 0.384 e. The molecule has 3 atom stereocenters. The third-order valence-corrected chi connectivity index (χ3v) is 9.20. The van der Waals surface area contributed by atoms with Crippen molar-refractivity contribution in [2.24, 2.45) is 0 Å². The van der Waals surface area contributed by atoms with Gasteiger partial charge in [-0.2, -0.15) is 26.3 Å². The Balaban J connectivity index is 0.000000340. The number of sulfone groups is 1. The number of hydrogen-bond donors (Lipinski definition) is 4. The lowest BCUT2D eigenvalue weighted by Crippen LogP contribution is -2.25. The fourth-order valence-corrected chi connectivity index (χ4v) is 6.12. The van der Waals surface area contributed by atoms with E-state index in [4.69, 9.17) is 0 Å². The second-order valence-corrected chi connectivity index (χ2v) is 15.6. The highest BCUT2D eigenvalue weighted by atomic mass is 32.2. The van der Waals surface area contributed by atoms with Crippen molar-refractivity contribution >= 4 is 53.8 Å². The number of halogens is 6. The Kier molecular flexibility index (Phi) is 12.3. The van der Waals surface area contributed by atoms with E-state index in [9.17, 15) is 69.4 Å². The maximum Gasteiger partial charge on any atom is 0.423 e. The van der Waals surface area contributed by atoms with Gasteiger partial charge in [0, 0.05) is 74.4 Å². The van der Waals surface area contributed by atoms with Crippen molar-refractivity contribution in [1.82, 2.24) is 9.97 Å². The van der Waals surface area contributed by atoms with Crippen LogP contribution in [0.2, 0.25) is 0 Å². The molecule has 278 valence electrons. The van der Waals surface area contributed by atoms with Gasteiger partial charge in [-0.15, -0.1) is 0 Å². The molecule has 2 aromatic carbocycles. The van der Waals surface area contributed by atoms with Gasteiger partial charge in [0.1, 0.15) is 32.2 Å². The number of nitro groups is 2. The summed E-state index contributed by atoms with van der Waals surface area (Å²) >= 11 is 0. The molecule has 0 bridgehead atoms. The fraction of sp³-hybridized carbons (Fsp3) is 0.448. The standard InChI is InChI=1S/C14H15F3N2O5S.C14H15F3N2O4S.CH4/c1-13(20,3-4-25(2,23)24)12-6-8-5-11(19(21)22)9(14(15,16)17)7-10(8)18-12;1-13(20,3-4-24(2)23)12-6-8-5-11(19(21)22)9(14(15,16)17)7-10(8)18-12;/h5-7,18,20H,3-4H2,1-2H3;5-7,18,20H,3-4H2,1-2H3;1H4. The van der Waals surface area contributed by atoms with Crippen LogP contribution >= 0.6 is 0 Å². The number of aliphatic hydroxyl groups is 2. The summed E-state index contributed by atoms with van der Waals surface area (Å²) in [6.07, 6.45) is -7.39. The molecule has 4 rings (SSSR count). The maximum atomic E-state index is 13.0. The lowest BCUT2D eigenvalue weighted by atomic mass is 9.99. The summed E-state index contributed by atoms with van der Waals surface area (Å²) in [6.45, 7) is 2.74. The molecule has 0 aliphatic heterocycles. The quantitative estimate of drug-likeness (QED) is 0.0795. The Hall–Kier alpha value is -4.08. The molecule has 0 amide bonds. The first-order valence-electron chi connectivity index (χ1n) is 13.8. The predicted molar refractivity (Wildman–Crippen MR) is 174 cm³/mol. The van der Waals surface area contributed by atoms with Crippen LogP contribution in [-0.4, -0.2) is 66.7 Å². The van der Waals surface area contributed by atoms with Gasteiger partial charge in [-0.1, -0.05) is 7.43 Å². The topological polar surface area (TPSA) is 210 Å². The number of nitrogens with zero attached hydrogens (tertiary/aromatic N) is 2. The summed E-state index contributed by atoms with van der Waals surface area (Å²) in [5.41, 5.74) is -7.76. The Bertz CT molecular complexity index is 2040. The SMILES string of the molecule is C.CC(O)(CCS(C)(=O)=O)c1cc2cc([N+](=O)[O-])c(C(F)(F)F)cc2[nH]1.CS(=O)CCC(C)(O)c1cc2cc([N+](=O)[O-])c(C(F)(F)F)cc2[nH]1. The first-order chi connectivity index (χ1) is 22.1. The minimum absolute atomic E-state index is 0. The number of alkyl halides is 6. The van der Waals surface area contributed by atoms with Gasteiger partial charge in [-0.25, -0.2) is 8.42 Å². The van der Waals surface area contributed by atoms with Crippen LogP contribution in [0.15, 0.2) is 36.4 Å². The van der Waals surface area contributed by atoms with E-state index in [0.29, 0.717) is 12.1 Å². The van der Waals surface area contributed by atoms with Crippen molar-refractivity contribution in [2.45, 2.75) is 57.7 Å². The van der Waals surface area contributed by atoms with Gasteiger partial charge in [-0.3, -0.25) is 24.4 Å². The van der Waals surface area contributed by atoms with E-state index in [-0.39, 0.29) is 65.0 Å². The molecule has 21 heteroatoms. The van der Waals surface area contributed by atoms with Crippen molar-refractivity contribution in [3.63, 3.8) is 0 Å². The largest absolute Gasteiger partial charge is 0.423 e. The van der Waals surface area contributed by atoms with Gasteiger partial charge in [0.05, 0.1) is 15.6 Å². The van der Waals surface area contributed by atoms with Crippen molar-refractivity contribution < 1.29 is 59.0 Å². The second kappa shape index (κ2) is 14.6. The highest BCUT2D eigenvalue weighted by Crippen LogP contribution is 2.41. The molecule has 0 radical (unpaired) electrons. The number of aromatic amines is 2. The Labute approximate surface area is 283 Å². The zero-order valence-electron chi connectivity index (χ0n) is 26.0. The van der Waals surface area contributed by atoms with Crippen LogP contribution in [0.25, 0.3) is 21.8 Å². The molecule has 13 nitrogen and oxygen atoms in total. The second-order valence-electron chi connectivity index (χ2n) is 11.7. The van der Waals surface area contributed by atoms with Gasteiger partial charge >= 0.3 is 12.4 Å². The molecule has 0 saturated carbocycles. The van der Waals surface area contributed by atoms with Crippen LogP contribution in [0.5, 0.6) is 0 Å². The number of hydrogen-bond acceptors (Lipinski definition) is 9. The molecule has 2 heterocycles. The summed E-state index contributed by atoms with van der Waals surface area (Å²) in [5, 5.41) is 42.9. The lowest BCUT2D eigenvalue weighted by Gasteiger charge is -2.21. The van der Waals surface area contributed by atoms with Crippen LogP contribution in [0.1, 0.15) is 56.6 Å². The summed E-state index contributed by atoms with van der Waals surface area (Å²) in [4.78, 5) is 24.8. The van der Waals surface area contributed by atoms with Gasteiger partial charge in [0.25, 0.3) is 11.4 Å². The number of H-pyrrole nitrogens is 2. The van der Waals surface area contributed by atoms with E-state index in [1.54, 1.807) is 0 Å². The van der Waals surface area contributed by atoms with Crippen LogP contribution < -0.4 is 0 Å². The number of aromatic nitrogens is 2. The molecule has 50 heavy (non-hydrogen) atoms. The Morgan fingerprint density at radius 3 is 1.42 bits per heavy atom. The number of rotatable bonds is 10. The summed E-state index contributed by atoms with van der Waals surface area (Å²) < 4.78 is 112. The van der Waals surface area contributed by atoms with Gasteiger partial charge in [-0.05, 0) is 51.0 Å². The molecular weight excluding hydrogens is 726 g/mol. The number of nitro benzene ring substituents is 2. The van der Waals surface area contributed by atoms with Crippen molar-refractivity contribution in [3.05, 3.63) is 79.1 Å². The van der Waals surface area contributed by atoms with E-state index in [0.717, 1.165) is 18.4 Å². The van der Waals surface area contributed by atoms with Gasteiger partial charge in [0.15, 0.2) is 0 Å². The molecule has 3 unspecified atom stereocenters. The molecule has 0 spiro atoms. The summed E-state index contributed by atoms with van der Waals surface area (Å²) in [6, 6.07) is 5.48. The molecule has 0 aliphatic rings. The zero-order valence-corrected chi connectivity index (χ0v) is 27.7. The fourth-order valence-electron chi connectivity index (χ4n) is 4.67. The van der Waals surface area contributed by atoms with E-state index in [2.05, 4.69) is 9.97 Å². The zero-order chi connectivity index (χ0) is 37.5. The number of fused-ring (bicyclic) bond motifs is 2. The summed E-state index contributed by atoms with van der Waals surface area (Å²) in [7, 11) is -4.49. The Morgan fingerprint density at radius 2 is 1.12 bits per heavy atom. The third kappa shape index (κ3) is 10.2. The summed E-state index contributed by atoms with van der Waals surface area (Å²) in [5.74, 6) is -0.125. The lowest BCUT2D eigenvalue weighted by molar-refractivity contribution is -0.388. The van der Waals surface area contributed by atoms with E-state index >= 15 is 0 Å². The van der Waals surface area contributed by atoms with Gasteiger partial charge < -0.3 is 20.2 Å². The Morgan fingerprint density at radius 1 is 0.760 bits per heavy atom. The van der Waals surface area contributed by atoms with Crippen molar-refractivity contribution in [2.75, 3.05) is 24.0 Å². The molecule has 4 N–H and O–H groups in total. The average molecular weight is 761 g/mol. The monoisotopic (exact) mass is 760 g/mol. The predicted octanol–water partition coefficient (Wildman–Crippen LogP) is 6.44. The number of nitrogens with one attached hydrogen (secondary N) is 2. The normalized spacial score (nSPS) is 15.4.